The zero-order valence-electron chi connectivity index (χ0n) is 9.06. The fourth-order valence-corrected chi connectivity index (χ4v) is 2.34. The fourth-order valence-electron chi connectivity index (χ4n) is 2.34. The van der Waals surface area contributed by atoms with E-state index in [0.29, 0.717) is 11.2 Å². The van der Waals surface area contributed by atoms with Crippen LogP contribution in [0.3, 0.4) is 0 Å². The minimum atomic E-state index is 0.328. The van der Waals surface area contributed by atoms with Gasteiger partial charge in [0.1, 0.15) is 5.82 Å². The van der Waals surface area contributed by atoms with Crippen LogP contribution in [0, 0.1) is 0 Å². The number of anilines is 1. The number of nitrogens with two attached hydrogens (primary N) is 1. The number of hydrogen-bond acceptors (Lipinski definition) is 2. The van der Waals surface area contributed by atoms with Crippen LogP contribution in [0.5, 0.6) is 0 Å². The van der Waals surface area contributed by atoms with E-state index in [2.05, 4.69) is 24.0 Å². The van der Waals surface area contributed by atoms with Gasteiger partial charge in [-0.25, -0.2) is 0 Å². The van der Waals surface area contributed by atoms with Gasteiger partial charge in [-0.05, 0) is 19.3 Å². The third-order valence-electron chi connectivity index (χ3n) is 3.46. The number of hydrogen-bond donors (Lipinski definition) is 2. The van der Waals surface area contributed by atoms with Crippen molar-refractivity contribution in [3.05, 3.63) is 11.3 Å². The minimum Gasteiger partial charge on any atom is -0.382 e. The summed E-state index contributed by atoms with van der Waals surface area (Å²) in [4.78, 5) is 0. The molecule has 3 nitrogen and oxygen atoms in total. The Kier molecular flexibility index (Phi) is 2.25. The number of rotatable bonds is 3. The number of nitrogens with one attached hydrogen (secondary N) is 1. The van der Waals surface area contributed by atoms with E-state index in [1.54, 1.807) is 0 Å². The smallest absolute Gasteiger partial charge is 0.148 e. The summed E-state index contributed by atoms with van der Waals surface area (Å²) < 4.78 is 0. The van der Waals surface area contributed by atoms with E-state index in [1.807, 2.05) is 0 Å². The van der Waals surface area contributed by atoms with Crippen LogP contribution >= 0.6 is 0 Å². The lowest BCUT2D eigenvalue weighted by Gasteiger charge is -2.38. The number of nitrogen functional groups attached to an aromatic ring is 1. The van der Waals surface area contributed by atoms with Crippen molar-refractivity contribution in [3.63, 3.8) is 0 Å². The molecule has 0 unspecified atom stereocenters. The van der Waals surface area contributed by atoms with Crippen molar-refractivity contribution in [2.45, 2.75) is 51.4 Å². The zero-order valence-corrected chi connectivity index (χ0v) is 9.06. The van der Waals surface area contributed by atoms with Crippen molar-refractivity contribution in [2.24, 2.45) is 0 Å². The SMILES string of the molecule is CCCc1c(N)n[nH]c1C1(C)CCC1. The lowest BCUT2D eigenvalue weighted by Crippen LogP contribution is -2.31. The standard InChI is InChI=1S/C11H19N3/c1-3-5-8-9(13-14-10(8)12)11(2)6-4-7-11/h3-7H2,1-2H3,(H3,12,13,14). The molecule has 14 heavy (non-hydrogen) atoms. The molecule has 0 aromatic carbocycles. The molecule has 0 atom stereocenters. The molecule has 0 aliphatic heterocycles. The zero-order chi connectivity index (χ0) is 10.2. The summed E-state index contributed by atoms with van der Waals surface area (Å²) in [5.41, 5.74) is 8.74. The Morgan fingerprint density at radius 3 is 2.71 bits per heavy atom. The normalized spacial score (nSPS) is 19.3. The first-order valence-electron chi connectivity index (χ1n) is 5.50. The minimum absolute atomic E-state index is 0.328. The third-order valence-corrected chi connectivity index (χ3v) is 3.46. The average molecular weight is 193 g/mol. The maximum atomic E-state index is 5.86. The van der Waals surface area contributed by atoms with Crippen LogP contribution in [0.25, 0.3) is 0 Å². The maximum absolute atomic E-state index is 5.86. The van der Waals surface area contributed by atoms with E-state index in [0.717, 1.165) is 12.8 Å². The Hall–Kier alpha value is -0.990. The van der Waals surface area contributed by atoms with Crippen LogP contribution < -0.4 is 5.73 Å². The first kappa shape index (κ1) is 9.56. The van der Waals surface area contributed by atoms with Gasteiger partial charge < -0.3 is 5.73 Å². The number of nitrogens with zero attached hydrogens (tertiary/aromatic N) is 1. The predicted octanol–water partition coefficient (Wildman–Crippen LogP) is 2.39. The summed E-state index contributed by atoms with van der Waals surface area (Å²) in [5, 5.41) is 7.26. The summed E-state index contributed by atoms with van der Waals surface area (Å²) in [6, 6.07) is 0. The molecule has 3 heteroatoms. The van der Waals surface area contributed by atoms with Crippen LogP contribution in [0.2, 0.25) is 0 Å². The highest BCUT2D eigenvalue weighted by Gasteiger charge is 2.37. The lowest BCUT2D eigenvalue weighted by atomic mass is 9.67. The Balaban J connectivity index is 2.32. The topological polar surface area (TPSA) is 54.7 Å². The van der Waals surface area contributed by atoms with E-state index in [-0.39, 0.29) is 0 Å². The summed E-state index contributed by atoms with van der Waals surface area (Å²) in [6.45, 7) is 4.49. The van der Waals surface area contributed by atoms with E-state index in [4.69, 9.17) is 5.73 Å². The lowest BCUT2D eigenvalue weighted by molar-refractivity contribution is 0.262. The van der Waals surface area contributed by atoms with Gasteiger partial charge in [-0.3, -0.25) is 5.10 Å². The van der Waals surface area contributed by atoms with Crippen molar-refractivity contribution in [3.8, 4) is 0 Å². The first-order valence-corrected chi connectivity index (χ1v) is 5.50. The second kappa shape index (κ2) is 3.30. The summed E-state index contributed by atoms with van der Waals surface area (Å²) in [6.07, 6.45) is 6.05. The third kappa shape index (κ3) is 1.31. The molecular weight excluding hydrogens is 174 g/mol. The molecule has 0 amide bonds. The van der Waals surface area contributed by atoms with E-state index in [9.17, 15) is 0 Å². The van der Waals surface area contributed by atoms with Gasteiger partial charge in [-0.1, -0.05) is 26.7 Å². The largest absolute Gasteiger partial charge is 0.382 e. The van der Waals surface area contributed by atoms with E-state index >= 15 is 0 Å². The first-order chi connectivity index (χ1) is 6.67. The van der Waals surface area contributed by atoms with Crippen molar-refractivity contribution in [2.75, 3.05) is 5.73 Å². The number of aromatic nitrogens is 2. The average Bonchev–Trinajstić information content (AvgIpc) is 2.46. The van der Waals surface area contributed by atoms with Crippen molar-refractivity contribution >= 4 is 5.82 Å². The Bertz CT molecular complexity index is 323. The molecule has 0 radical (unpaired) electrons. The van der Waals surface area contributed by atoms with Crippen LogP contribution in [-0.4, -0.2) is 10.2 Å². The molecule has 1 aliphatic carbocycles. The highest BCUT2D eigenvalue weighted by atomic mass is 15.2. The highest BCUT2D eigenvalue weighted by molar-refractivity contribution is 5.45. The fraction of sp³-hybridized carbons (Fsp3) is 0.727. The van der Waals surface area contributed by atoms with Gasteiger partial charge in [0.25, 0.3) is 0 Å². The van der Waals surface area contributed by atoms with Crippen LogP contribution in [0.1, 0.15) is 50.8 Å². The van der Waals surface area contributed by atoms with Crippen molar-refractivity contribution in [1.29, 1.82) is 0 Å². The molecule has 0 spiro atoms. The van der Waals surface area contributed by atoms with Crippen LogP contribution in [0.15, 0.2) is 0 Å². The van der Waals surface area contributed by atoms with Gasteiger partial charge in [0.05, 0.1) is 0 Å². The molecule has 1 saturated carbocycles. The van der Waals surface area contributed by atoms with E-state index in [1.165, 1.54) is 30.5 Å². The van der Waals surface area contributed by atoms with Gasteiger partial charge in [0.2, 0.25) is 0 Å². The van der Waals surface area contributed by atoms with E-state index < -0.39 is 0 Å². The maximum Gasteiger partial charge on any atom is 0.148 e. The Morgan fingerprint density at radius 1 is 1.50 bits per heavy atom. The predicted molar refractivity (Wildman–Crippen MR) is 58.2 cm³/mol. The monoisotopic (exact) mass is 193 g/mol. The molecule has 1 aliphatic rings. The van der Waals surface area contributed by atoms with Gasteiger partial charge in [0, 0.05) is 16.7 Å². The second-order valence-electron chi connectivity index (χ2n) is 4.63. The van der Waals surface area contributed by atoms with Crippen molar-refractivity contribution in [1.82, 2.24) is 10.2 Å². The van der Waals surface area contributed by atoms with Gasteiger partial charge in [0.15, 0.2) is 0 Å². The van der Waals surface area contributed by atoms with Crippen LogP contribution in [0.4, 0.5) is 5.82 Å². The quantitative estimate of drug-likeness (QED) is 0.774. The molecule has 0 bridgehead atoms. The molecule has 1 fully saturated rings. The number of H-pyrrole nitrogens is 1. The highest BCUT2D eigenvalue weighted by Crippen LogP contribution is 2.44. The molecule has 3 N–H and O–H groups in total. The van der Waals surface area contributed by atoms with Crippen molar-refractivity contribution < 1.29 is 0 Å². The Morgan fingerprint density at radius 2 is 2.21 bits per heavy atom. The van der Waals surface area contributed by atoms with Crippen LogP contribution in [-0.2, 0) is 11.8 Å². The second-order valence-corrected chi connectivity index (χ2v) is 4.63. The molecule has 1 heterocycles. The summed E-state index contributed by atoms with van der Waals surface area (Å²) in [7, 11) is 0. The summed E-state index contributed by atoms with van der Waals surface area (Å²) in [5.74, 6) is 0.704. The molecule has 2 rings (SSSR count). The molecular formula is C11H19N3. The molecule has 1 aromatic heterocycles. The Labute approximate surface area is 85.1 Å². The molecule has 0 saturated heterocycles. The summed E-state index contributed by atoms with van der Waals surface area (Å²) >= 11 is 0. The molecule has 1 aromatic rings. The number of aromatic amines is 1. The van der Waals surface area contributed by atoms with Gasteiger partial charge in [-0.2, -0.15) is 5.10 Å². The van der Waals surface area contributed by atoms with Gasteiger partial charge in [-0.15, -0.1) is 0 Å². The van der Waals surface area contributed by atoms with Gasteiger partial charge >= 0.3 is 0 Å². The molecule has 78 valence electrons.